The number of nitrogens with zero attached hydrogens (tertiary/aromatic N) is 2. The Balaban J connectivity index is 1.52. The van der Waals surface area contributed by atoms with E-state index in [2.05, 4.69) is 21.0 Å². The number of anilines is 2. The predicted octanol–water partition coefficient (Wildman–Crippen LogP) is 5.75. The molecule has 1 aliphatic heterocycles. The second-order valence-corrected chi connectivity index (χ2v) is 13.5. The van der Waals surface area contributed by atoms with Gasteiger partial charge in [0.15, 0.2) is 0 Å². The monoisotopic (exact) mass is 626 g/mol. The maximum Gasteiger partial charge on any atom is 0.416 e. The summed E-state index contributed by atoms with van der Waals surface area (Å²) in [6, 6.07) is 11.4. The second-order valence-electron chi connectivity index (χ2n) is 10.8. The molecule has 2 aromatic carbocycles. The number of piperidine rings is 1. The second kappa shape index (κ2) is 12.2. The molecule has 3 aromatic rings. The van der Waals surface area contributed by atoms with E-state index in [9.17, 15) is 30.8 Å². The molecule has 1 unspecified atom stereocenters. The van der Waals surface area contributed by atoms with Gasteiger partial charge < -0.3 is 10.2 Å². The number of rotatable bonds is 9. The lowest BCUT2D eigenvalue weighted by molar-refractivity contribution is -0.137. The van der Waals surface area contributed by atoms with Gasteiger partial charge in [0.1, 0.15) is 5.82 Å². The third-order valence-corrected chi connectivity index (χ3v) is 9.47. The Kier molecular flexibility index (Phi) is 9.24. The normalized spacial score (nSPS) is 16.4. The molecule has 13 heteroatoms. The van der Waals surface area contributed by atoms with Crippen molar-refractivity contribution in [2.24, 2.45) is 0 Å². The molecule has 0 spiro atoms. The van der Waals surface area contributed by atoms with Crippen molar-refractivity contribution in [3.05, 3.63) is 81.3 Å². The number of hydrogen-bond donors (Lipinski definition) is 2. The van der Waals surface area contributed by atoms with Crippen LogP contribution in [0.2, 0.25) is 0 Å². The molecule has 1 aromatic heterocycles. The lowest BCUT2D eigenvalue weighted by atomic mass is 9.84. The topological polar surface area (TPSA) is 81.8 Å². The minimum Gasteiger partial charge on any atom is -0.371 e. The van der Waals surface area contributed by atoms with E-state index in [-0.39, 0.29) is 17.8 Å². The van der Waals surface area contributed by atoms with Crippen molar-refractivity contribution in [1.29, 1.82) is 0 Å². The summed E-state index contributed by atoms with van der Waals surface area (Å²) in [5, 5.41) is 4.80. The van der Waals surface area contributed by atoms with Gasteiger partial charge in [0.05, 0.1) is 29.0 Å². The molecule has 1 fully saturated rings. The highest BCUT2D eigenvalue weighted by Crippen LogP contribution is 2.42. The minimum atomic E-state index is -4.52. The van der Waals surface area contributed by atoms with Gasteiger partial charge in [-0.05, 0) is 80.7 Å². The summed E-state index contributed by atoms with van der Waals surface area (Å²) in [5.41, 5.74) is 0.0671. The van der Waals surface area contributed by atoms with Crippen molar-refractivity contribution in [1.82, 2.24) is 10.2 Å². The molecule has 0 bridgehead atoms. The Morgan fingerprint density at radius 3 is 2.36 bits per heavy atom. The Morgan fingerprint density at radius 1 is 1.12 bits per heavy atom. The number of halogens is 4. The summed E-state index contributed by atoms with van der Waals surface area (Å²) in [6.07, 6.45) is -2.18. The van der Waals surface area contributed by atoms with Crippen LogP contribution in [0, 0.1) is 5.82 Å². The fraction of sp³-hybridized carbons (Fsp3) is 0.414. The summed E-state index contributed by atoms with van der Waals surface area (Å²) < 4.78 is 80.4. The number of sulfonamides is 1. The first kappa shape index (κ1) is 31.8. The van der Waals surface area contributed by atoms with Gasteiger partial charge in [-0.2, -0.15) is 13.2 Å². The van der Waals surface area contributed by atoms with Gasteiger partial charge >= 0.3 is 6.18 Å². The smallest absolute Gasteiger partial charge is 0.371 e. The largest absolute Gasteiger partial charge is 0.416 e. The Labute approximate surface area is 247 Å². The molecular formula is C29H34F4N4O3S2. The standard InChI is InChI=1S/C29H34F4N4O3S2/c1-19(20-8-10-24(23(30)16-20)35-42(4,39)40)27(38)34-18-21-7-9-22(29(31,32)33)17-25(21)37-13-11-28(12-14-37,36(2)3)26-6-5-15-41-26/h5-10,15-17,19,35H,11-14,18H2,1-4H3,(H,34,38). The highest BCUT2D eigenvalue weighted by atomic mass is 32.2. The van der Waals surface area contributed by atoms with E-state index in [0.29, 0.717) is 29.9 Å². The van der Waals surface area contributed by atoms with Gasteiger partial charge in [-0.25, -0.2) is 12.8 Å². The highest BCUT2D eigenvalue weighted by molar-refractivity contribution is 7.92. The molecule has 42 heavy (non-hydrogen) atoms. The van der Waals surface area contributed by atoms with Crippen molar-refractivity contribution < 1.29 is 30.8 Å². The molecule has 0 aliphatic carbocycles. The molecule has 228 valence electrons. The number of benzene rings is 2. The zero-order chi connectivity index (χ0) is 30.9. The number of thiophene rings is 1. The van der Waals surface area contributed by atoms with Gasteiger partial charge in [0, 0.05) is 30.2 Å². The van der Waals surface area contributed by atoms with E-state index in [1.165, 1.54) is 23.1 Å². The van der Waals surface area contributed by atoms with Crippen LogP contribution in [0.4, 0.5) is 28.9 Å². The summed E-state index contributed by atoms with van der Waals surface area (Å²) in [7, 11) is 0.352. The van der Waals surface area contributed by atoms with Crippen LogP contribution in [0.15, 0.2) is 53.9 Å². The molecule has 1 saturated heterocycles. The van der Waals surface area contributed by atoms with Crippen molar-refractivity contribution in [3.8, 4) is 0 Å². The Morgan fingerprint density at radius 2 is 1.81 bits per heavy atom. The molecule has 1 atom stereocenters. The number of alkyl halides is 3. The summed E-state index contributed by atoms with van der Waals surface area (Å²) in [5.74, 6) is -2.08. The van der Waals surface area contributed by atoms with E-state index in [0.717, 1.165) is 37.3 Å². The molecule has 2 heterocycles. The number of carbonyl (C=O) groups is 1. The lowest BCUT2D eigenvalue weighted by Gasteiger charge is -2.46. The van der Waals surface area contributed by atoms with Crippen LogP contribution in [0.1, 0.15) is 47.3 Å². The Bertz CT molecular complexity index is 1520. The fourth-order valence-corrected chi connectivity index (χ4v) is 6.96. The predicted molar refractivity (Wildman–Crippen MR) is 158 cm³/mol. The average molecular weight is 627 g/mol. The first-order valence-electron chi connectivity index (χ1n) is 13.3. The van der Waals surface area contributed by atoms with Crippen molar-refractivity contribution in [3.63, 3.8) is 0 Å². The molecule has 0 saturated carbocycles. The number of nitrogens with one attached hydrogen (secondary N) is 2. The molecule has 4 rings (SSSR count). The third-order valence-electron chi connectivity index (χ3n) is 7.81. The fourth-order valence-electron chi connectivity index (χ4n) is 5.33. The Hall–Kier alpha value is -3.16. The summed E-state index contributed by atoms with van der Waals surface area (Å²) >= 11 is 1.67. The van der Waals surface area contributed by atoms with Gasteiger partial charge in [0.25, 0.3) is 0 Å². The number of hydrogen-bond acceptors (Lipinski definition) is 6. The molecule has 7 nitrogen and oxygen atoms in total. The van der Waals surface area contributed by atoms with E-state index < -0.39 is 39.4 Å². The first-order valence-corrected chi connectivity index (χ1v) is 16.1. The van der Waals surface area contributed by atoms with Crippen LogP contribution < -0.4 is 14.9 Å². The lowest BCUT2D eigenvalue weighted by Crippen LogP contribution is -2.50. The maximum absolute atomic E-state index is 14.5. The molecule has 1 amide bonds. The summed E-state index contributed by atoms with van der Waals surface area (Å²) in [6.45, 7) is 2.61. The van der Waals surface area contributed by atoms with Crippen molar-refractivity contribution >= 4 is 38.6 Å². The SMILES string of the molecule is CC(C(=O)NCc1ccc(C(F)(F)F)cc1N1CCC(c2cccs2)(N(C)C)CC1)c1ccc(NS(C)(=O)=O)c(F)c1. The molecule has 1 aliphatic rings. The van der Waals surface area contributed by atoms with Crippen LogP contribution >= 0.6 is 11.3 Å². The van der Waals surface area contributed by atoms with Crippen LogP contribution in [-0.2, 0) is 33.1 Å². The zero-order valence-corrected chi connectivity index (χ0v) is 25.4. The first-order chi connectivity index (χ1) is 19.6. The van der Waals surface area contributed by atoms with E-state index in [1.807, 2.05) is 30.4 Å². The van der Waals surface area contributed by atoms with Gasteiger partial charge in [-0.15, -0.1) is 11.3 Å². The van der Waals surface area contributed by atoms with Gasteiger partial charge in [-0.1, -0.05) is 18.2 Å². The highest BCUT2D eigenvalue weighted by Gasteiger charge is 2.40. The van der Waals surface area contributed by atoms with Crippen molar-refractivity contribution in [2.75, 3.05) is 43.1 Å². The minimum absolute atomic E-state index is 0.0207. The van der Waals surface area contributed by atoms with Crippen LogP contribution in [0.3, 0.4) is 0 Å². The molecule has 2 N–H and O–H groups in total. The molecular weight excluding hydrogens is 592 g/mol. The average Bonchev–Trinajstić information content (AvgIpc) is 3.47. The number of amides is 1. The van der Waals surface area contributed by atoms with Gasteiger partial charge in [0.2, 0.25) is 15.9 Å². The van der Waals surface area contributed by atoms with Gasteiger partial charge in [-0.3, -0.25) is 14.4 Å². The van der Waals surface area contributed by atoms with E-state index >= 15 is 0 Å². The quantitative estimate of drug-likeness (QED) is 0.296. The van der Waals surface area contributed by atoms with Crippen LogP contribution in [0.5, 0.6) is 0 Å². The number of carbonyl (C=O) groups excluding carboxylic acids is 1. The molecule has 0 radical (unpaired) electrons. The maximum atomic E-state index is 14.5. The third kappa shape index (κ3) is 7.07. The van der Waals surface area contributed by atoms with E-state index in [1.54, 1.807) is 18.3 Å². The van der Waals surface area contributed by atoms with Crippen LogP contribution in [-0.4, -0.2) is 52.7 Å². The zero-order valence-electron chi connectivity index (χ0n) is 23.8. The van der Waals surface area contributed by atoms with Crippen LogP contribution in [0.25, 0.3) is 0 Å². The summed E-state index contributed by atoms with van der Waals surface area (Å²) in [4.78, 5) is 18.3. The van der Waals surface area contributed by atoms with Crippen molar-refractivity contribution in [2.45, 2.75) is 43.9 Å². The van der Waals surface area contributed by atoms with E-state index in [4.69, 9.17) is 0 Å².